The number of aryl methyl sites for hydroxylation is 1. The van der Waals surface area contributed by atoms with Crippen LogP contribution in [0, 0.1) is 12.8 Å². The molecule has 130 valence electrons. The largest absolute Gasteiger partial charge is 0.497 e. The van der Waals surface area contributed by atoms with Crippen molar-refractivity contribution in [1.82, 2.24) is 0 Å². The van der Waals surface area contributed by atoms with Crippen LogP contribution in [0.5, 0.6) is 5.75 Å². The Morgan fingerprint density at radius 2 is 1.88 bits per heavy atom. The summed E-state index contributed by atoms with van der Waals surface area (Å²) in [7, 11) is 1.57. The minimum atomic E-state index is -0.913. The van der Waals surface area contributed by atoms with Gasteiger partial charge in [0, 0.05) is 17.7 Å². The Balaban J connectivity index is 2.13. The smallest absolute Gasteiger partial charge is 0.319 e. The number of carbonyl (C=O) groups excluding carboxylic acids is 2. The van der Waals surface area contributed by atoms with E-state index in [1.165, 1.54) is 0 Å². The van der Waals surface area contributed by atoms with Crippen LogP contribution in [0.4, 0.5) is 5.69 Å². The Labute approximate surface area is 147 Å². The van der Waals surface area contributed by atoms with Gasteiger partial charge in [-0.25, -0.2) is 0 Å². The third-order valence-electron chi connectivity index (χ3n) is 4.45. The zero-order valence-corrected chi connectivity index (χ0v) is 14.5. The molecular weight excluding hydrogens is 318 g/mol. The summed E-state index contributed by atoms with van der Waals surface area (Å²) in [4.78, 5) is 25.2. The van der Waals surface area contributed by atoms with Crippen LogP contribution in [-0.2, 0) is 14.3 Å². The highest BCUT2D eigenvalue weighted by atomic mass is 16.5. The summed E-state index contributed by atoms with van der Waals surface area (Å²) in [5.74, 6) is -1.52. The van der Waals surface area contributed by atoms with Crippen LogP contribution < -0.4 is 10.1 Å². The molecule has 1 N–H and O–H groups in total. The number of ether oxygens (including phenoxy) is 2. The molecule has 1 heterocycles. The van der Waals surface area contributed by atoms with Gasteiger partial charge in [0.15, 0.2) is 0 Å². The van der Waals surface area contributed by atoms with E-state index in [0.29, 0.717) is 11.4 Å². The van der Waals surface area contributed by atoms with Crippen molar-refractivity contribution in [3.63, 3.8) is 0 Å². The van der Waals surface area contributed by atoms with Crippen LogP contribution in [0.3, 0.4) is 0 Å². The fourth-order valence-electron chi connectivity index (χ4n) is 3.20. The second-order valence-electron chi connectivity index (χ2n) is 6.06. The molecule has 2 aromatic carbocycles. The zero-order chi connectivity index (χ0) is 18.0. The van der Waals surface area contributed by atoms with Crippen molar-refractivity contribution in [3.8, 4) is 5.75 Å². The van der Waals surface area contributed by atoms with Crippen molar-refractivity contribution in [3.05, 3.63) is 59.2 Å². The summed E-state index contributed by atoms with van der Waals surface area (Å²) >= 11 is 0. The van der Waals surface area contributed by atoms with E-state index < -0.39 is 17.8 Å². The highest BCUT2D eigenvalue weighted by Crippen LogP contribution is 2.42. The lowest BCUT2D eigenvalue weighted by atomic mass is 9.77. The van der Waals surface area contributed by atoms with Crippen molar-refractivity contribution in [2.24, 2.45) is 5.92 Å². The fraction of sp³-hybridized carbons (Fsp3) is 0.300. The SMILES string of the molecule is CCOC(=O)C1C(=O)Nc2cc(OC)ccc2C1c1ccc(C)cc1. The minimum absolute atomic E-state index is 0.235. The average Bonchev–Trinajstić information content (AvgIpc) is 2.61. The highest BCUT2D eigenvalue weighted by Gasteiger charge is 2.42. The van der Waals surface area contributed by atoms with Gasteiger partial charge in [0.1, 0.15) is 11.7 Å². The standard InChI is InChI=1S/C20H21NO4/c1-4-25-20(23)18-17(13-7-5-12(2)6-8-13)15-10-9-14(24-3)11-16(15)21-19(18)22/h5-11,17-18H,4H2,1-3H3,(H,21,22). The molecule has 0 aromatic heterocycles. The summed E-state index contributed by atoms with van der Waals surface area (Å²) in [5, 5.41) is 2.82. The van der Waals surface area contributed by atoms with Gasteiger partial charge in [-0.05, 0) is 31.0 Å². The van der Waals surface area contributed by atoms with Crippen LogP contribution in [0.15, 0.2) is 42.5 Å². The zero-order valence-electron chi connectivity index (χ0n) is 14.5. The predicted octanol–water partition coefficient (Wildman–Crippen LogP) is 3.27. The van der Waals surface area contributed by atoms with E-state index in [1.807, 2.05) is 43.3 Å². The maximum absolute atomic E-state index is 12.7. The number of fused-ring (bicyclic) bond motifs is 1. The summed E-state index contributed by atoms with van der Waals surface area (Å²) < 4.78 is 10.4. The molecule has 0 radical (unpaired) electrons. The van der Waals surface area contributed by atoms with Crippen molar-refractivity contribution in [2.45, 2.75) is 19.8 Å². The molecule has 5 heteroatoms. The molecule has 0 spiro atoms. The molecule has 1 aliphatic heterocycles. The number of rotatable bonds is 4. The van der Waals surface area contributed by atoms with Gasteiger partial charge in [0.2, 0.25) is 5.91 Å². The topological polar surface area (TPSA) is 64.6 Å². The quantitative estimate of drug-likeness (QED) is 0.686. The van der Waals surface area contributed by atoms with Crippen LogP contribution in [0.25, 0.3) is 0 Å². The third kappa shape index (κ3) is 3.22. The molecule has 1 amide bonds. The summed E-state index contributed by atoms with van der Waals surface area (Å²) in [6.45, 7) is 3.97. The van der Waals surface area contributed by atoms with Crippen LogP contribution >= 0.6 is 0 Å². The molecule has 2 atom stereocenters. The van der Waals surface area contributed by atoms with Crippen molar-refractivity contribution < 1.29 is 19.1 Å². The second-order valence-corrected chi connectivity index (χ2v) is 6.06. The first-order valence-electron chi connectivity index (χ1n) is 8.27. The van der Waals surface area contributed by atoms with Gasteiger partial charge in [0.05, 0.1) is 13.7 Å². The number of amides is 1. The molecule has 0 bridgehead atoms. The van der Waals surface area contributed by atoms with Gasteiger partial charge in [-0.15, -0.1) is 0 Å². The van der Waals surface area contributed by atoms with Crippen molar-refractivity contribution in [1.29, 1.82) is 0 Å². The average molecular weight is 339 g/mol. The number of methoxy groups -OCH3 is 1. The van der Waals surface area contributed by atoms with E-state index in [1.54, 1.807) is 20.1 Å². The summed E-state index contributed by atoms with van der Waals surface area (Å²) in [5.41, 5.74) is 3.56. The molecule has 25 heavy (non-hydrogen) atoms. The molecule has 0 saturated heterocycles. The second kappa shape index (κ2) is 6.97. The molecule has 3 rings (SSSR count). The Kier molecular flexibility index (Phi) is 4.74. The molecule has 0 fully saturated rings. The van der Waals surface area contributed by atoms with Crippen LogP contribution in [0.1, 0.15) is 29.5 Å². The van der Waals surface area contributed by atoms with E-state index in [9.17, 15) is 9.59 Å². The van der Waals surface area contributed by atoms with E-state index >= 15 is 0 Å². The van der Waals surface area contributed by atoms with E-state index in [-0.39, 0.29) is 12.5 Å². The molecule has 5 nitrogen and oxygen atoms in total. The van der Waals surface area contributed by atoms with Gasteiger partial charge in [0.25, 0.3) is 0 Å². The Morgan fingerprint density at radius 1 is 1.16 bits per heavy atom. The Morgan fingerprint density at radius 3 is 2.52 bits per heavy atom. The van der Waals surface area contributed by atoms with Crippen molar-refractivity contribution >= 4 is 17.6 Å². The van der Waals surface area contributed by atoms with Crippen LogP contribution in [-0.4, -0.2) is 25.6 Å². The molecule has 0 aliphatic carbocycles. The molecule has 0 saturated carbocycles. The molecule has 2 unspecified atom stereocenters. The fourth-order valence-corrected chi connectivity index (χ4v) is 3.20. The summed E-state index contributed by atoms with van der Waals surface area (Å²) in [6.07, 6.45) is 0. The van der Waals surface area contributed by atoms with E-state index in [2.05, 4.69) is 5.32 Å². The normalized spacial score (nSPS) is 18.9. The number of carbonyl (C=O) groups is 2. The Hall–Kier alpha value is -2.82. The third-order valence-corrected chi connectivity index (χ3v) is 4.45. The highest BCUT2D eigenvalue weighted by molar-refractivity contribution is 6.08. The van der Waals surface area contributed by atoms with E-state index in [4.69, 9.17) is 9.47 Å². The lowest BCUT2D eigenvalue weighted by molar-refractivity contribution is -0.151. The van der Waals surface area contributed by atoms with Gasteiger partial charge in [-0.3, -0.25) is 9.59 Å². The number of hydrogen-bond donors (Lipinski definition) is 1. The maximum Gasteiger partial charge on any atom is 0.319 e. The number of hydrogen-bond acceptors (Lipinski definition) is 4. The molecular formula is C20H21NO4. The first-order chi connectivity index (χ1) is 12.0. The number of esters is 1. The lowest BCUT2D eigenvalue weighted by Crippen LogP contribution is -2.40. The minimum Gasteiger partial charge on any atom is -0.497 e. The number of anilines is 1. The van der Waals surface area contributed by atoms with Gasteiger partial charge in [-0.2, -0.15) is 0 Å². The van der Waals surface area contributed by atoms with Gasteiger partial charge >= 0.3 is 5.97 Å². The van der Waals surface area contributed by atoms with Crippen LogP contribution in [0.2, 0.25) is 0 Å². The predicted molar refractivity (Wildman–Crippen MR) is 94.8 cm³/mol. The monoisotopic (exact) mass is 339 g/mol. The molecule has 1 aliphatic rings. The molecule has 2 aromatic rings. The number of benzene rings is 2. The maximum atomic E-state index is 12.7. The first kappa shape index (κ1) is 17.0. The number of nitrogens with one attached hydrogen (secondary N) is 1. The summed E-state index contributed by atoms with van der Waals surface area (Å²) in [6, 6.07) is 13.4. The lowest BCUT2D eigenvalue weighted by Gasteiger charge is -2.32. The van der Waals surface area contributed by atoms with Gasteiger partial charge < -0.3 is 14.8 Å². The first-order valence-corrected chi connectivity index (χ1v) is 8.27. The Bertz CT molecular complexity index is 798. The van der Waals surface area contributed by atoms with Crippen molar-refractivity contribution in [2.75, 3.05) is 19.0 Å². The van der Waals surface area contributed by atoms with E-state index in [0.717, 1.165) is 16.7 Å². The van der Waals surface area contributed by atoms with Gasteiger partial charge in [-0.1, -0.05) is 35.9 Å².